The standard InChI is InChI=1S/C21H18Cl2N4O2/c1-2-20(29)26-5-7-27(8-6-26)21-16-10-17(23)14(11-18(16)24-12-25-21)15-9-13(22)3-4-19(15)28/h2-4,9-12,28H,1,5-8H2. The lowest BCUT2D eigenvalue weighted by Gasteiger charge is -2.35. The van der Waals surface area contributed by atoms with Crippen LogP contribution in [0.3, 0.4) is 0 Å². The van der Waals surface area contributed by atoms with E-state index in [1.807, 2.05) is 12.1 Å². The molecule has 0 radical (unpaired) electrons. The summed E-state index contributed by atoms with van der Waals surface area (Å²) < 4.78 is 0. The Bertz CT molecular complexity index is 1110. The Hall–Kier alpha value is -2.83. The van der Waals surface area contributed by atoms with Crippen LogP contribution >= 0.6 is 23.2 Å². The summed E-state index contributed by atoms with van der Waals surface area (Å²) in [5.41, 5.74) is 1.89. The van der Waals surface area contributed by atoms with Crippen LogP contribution in [-0.2, 0) is 4.79 Å². The fraction of sp³-hybridized carbons (Fsp3) is 0.190. The topological polar surface area (TPSA) is 69.6 Å². The van der Waals surface area contributed by atoms with E-state index in [1.165, 1.54) is 18.5 Å². The summed E-state index contributed by atoms with van der Waals surface area (Å²) in [4.78, 5) is 24.5. The predicted molar refractivity (Wildman–Crippen MR) is 116 cm³/mol. The van der Waals surface area contributed by atoms with E-state index in [2.05, 4.69) is 21.4 Å². The SMILES string of the molecule is C=CC(=O)N1CCN(c2ncnc3cc(-c4cc(Cl)ccc4O)c(Cl)cc23)CC1. The van der Waals surface area contributed by atoms with E-state index in [0.29, 0.717) is 52.9 Å². The molecular formula is C21H18Cl2N4O2. The first-order valence-electron chi connectivity index (χ1n) is 9.07. The summed E-state index contributed by atoms with van der Waals surface area (Å²) >= 11 is 12.7. The Kier molecular flexibility index (Phi) is 5.30. The number of piperazine rings is 1. The molecule has 0 unspecified atom stereocenters. The van der Waals surface area contributed by atoms with Crippen LogP contribution in [0.5, 0.6) is 5.75 Å². The van der Waals surface area contributed by atoms with Gasteiger partial charge in [-0.2, -0.15) is 0 Å². The number of amides is 1. The maximum atomic E-state index is 11.8. The van der Waals surface area contributed by atoms with Gasteiger partial charge in [0.1, 0.15) is 17.9 Å². The lowest BCUT2D eigenvalue weighted by atomic mass is 10.0. The minimum Gasteiger partial charge on any atom is -0.507 e. The molecule has 3 aromatic rings. The second kappa shape index (κ2) is 7.89. The molecule has 0 spiro atoms. The van der Waals surface area contributed by atoms with Crippen molar-refractivity contribution >= 4 is 45.8 Å². The number of rotatable bonds is 3. The van der Waals surface area contributed by atoms with Gasteiger partial charge in [-0.05, 0) is 36.4 Å². The van der Waals surface area contributed by atoms with Crippen LogP contribution in [-0.4, -0.2) is 52.1 Å². The number of carbonyl (C=O) groups excluding carboxylic acids is 1. The van der Waals surface area contributed by atoms with Crippen LogP contribution in [0.1, 0.15) is 0 Å². The van der Waals surface area contributed by atoms with Crippen LogP contribution in [0.25, 0.3) is 22.0 Å². The number of fused-ring (bicyclic) bond motifs is 1. The third kappa shape index (κ3) is 3.73. The Morgan fingerprint density at radius 3 is 2.55 bits per heavy atom. The number of hydrogen-bond donors (Lipinski definition) is 1. The average Bonchev–Trinajstić information content (AvgIpc) is 2.74. The molecule has 1 amide bonds. The maximum absolute atomic E-state index is 11.8. The van der Waals surface area contributed by atoms with Crippen molar-refractivity contribution in [2.24, 2.45) is 0 Å². The van der Waals surface area contributed by atoms with Crippen molar-refractivity contribution < 1.29 is 9.90 Å². The Morgan fingerprint density at radius 2 is 1.83 bits per heavy atom. The maximum Gasteiger partial charge on any atom is 0.246 e. The van der Waals surface area contributed by atoms with Crippen LogP contribution in [0.2, 0.25) is 10.0 Å². The summed E-state index contributed by atoms with van der Waals surface area (Å²) in [6.07, 6.45) is 2.84. The van der Waals surface area contributed by atoms with E-state index in [4.69, 9.17) is 23.2 Å². The minimum absolute atomic E-state index is 0.0637. The van der Waals surface area contributed by atoms with E-state index in [0.717, 1.165) is 11.2 Å². The van der Waals surface area contributed by atoms with Gasteiger partial charge >= 0.3 is 0 Å². The van der Waals surface area contributed by atoms with Gasteiger partial charge in [0.25, 0.3) is 0 Å². The monoisotopic (exact) mass is 428 g/mol. The van der Waals surface area contributed by atoms with Crippen molar-refractivity contribution in [3.05, 3.63) is 59.4 Å². The van der Waals surface area contributed by atoms with Gasteiger partial charge in [-0.3, -0.25) is 4.79 Å². The van der Waals surface area contributed by atoms with Crippen LogP contribution in [0, 0.1) is 0 Å². The van der Waals surface area contributed by atoms with Gasteiger partial charge in [0, 0.05) is 52.7 Å². The number of aromatic hydroxyl groups is 1. The molecule has 1 aromatic heterocycles. The van der Waals surface area contributed by atoms with Gasteiger partial charge in [-0.15, -0.1) is 0 Å². The highest BCUT2D eigenvalue weighted by atomic mass is 35.5. The molecule has 1 aliphatic heterocycles. The van der Waals surface area contributed by atoms with Crippen molar-refractivity contribution in [1.29, 1.82) is 0 Å². The molecule has 1 fully saturated rings. The zero-order valence-electron chi connectivity index (χ0n) is 15.5. The van der Waals surface area contributed by atoms with Gasteiger partial charge < -0.3 is 14.9 Å². The summed E-state index contributed by atoms with van der Waals surface area (Å²) in [6, 6.07) is 8.46. The molecule has 29 heavy (non-hydrogen) atoms. The molecule has 2 heterocycles. The molecule has 1 saturated heterocycles. The molecule has 0 saturated carbocycles. The molecule has 148 valence electrons. The number of aromatic nitrogens is 2. The molecule has 4 rings (SSSR count). The molecule has 2 aromatic carbocycles. The van der Waals surface area contributed by atoms with Gasteiger partial charge in [0.2, 0.25) is 5.91 Å². The number of benzene rings is 2. The average molecular weight is 429 g/mol. The van der Waals surface area contributed by atoms with Gasteiger partial charge in [-0.1, -0.05) is 29.8 Å². The number of nitrogens with zero attached hydrogens (tertiary/aromatic N) is 4. The van der Waals surface area contributed by atoms with E-state index in [1.54, 1.807) is 17.0 Å². The number of halogens is 2. The first-order chi connectivity index (χ1) is 14.0. The molecular weight excluding hydrogens is 411 g/mol. The fourth-order valence-electron chi connectivity index (χ4n) is 3.51. The Morgan fingerprint density at radius 1 is 1.07 bits per heavy atom. The van der Waals surface area contributed by atoms with E-state index >= 15 is 0 Å². The molecule has 1 aliphatic rings. The Labute approximate surface area is 178 Å². The first kappa shape index (κ1) is 19.5. The van der Waals surface area contributed by atoms with Gasteiger partial charge in [0.05, 0.1) is 5.52 Å². The normalized spacial score (nSPS) is 14.3. The molecule has 0 atom stereocenters. The third-order valence-corrected chi connectivity index (χ3v) is 5.57. The highest BCUT2D eigenvalue weighted by molar-refractivity contribution is 6.35. The number of phenols is 1. The first-order valence-corrected chi connectivity index (χ1v) is 9.83. The lowest BCUT2D eigenvalue weighted by Crippen LogP contribution is -2.48. The van der Waals surface area contributed by atoms with E-state index in [-0.39, 0.29) is 11.7 Å². The zero-order valence-corrected chi connectivity index (χ0v) is 17.0. The molecule has 1 N–H and O–H groups in total. The van der Waals surface area contributed by atoms with E-state index in [9.17, 15) is 9.90 Å². The second-order valence-corrected chi connectivity index (χ2v) is 7.57. The van der Waals surface area contributed by atoms with Gasteiger partial charge in [-0.25, -0.2) is 9.97 Å². The third-order valence-electron chi connectivity index (χ3n) is 5.02. The van der Waals surface area contributed by atoms with Crippen LogP contribution in [0.15, 0.2) is 49.3 Å². The smallest absolute Gasteiger partial charge is 0.246 e. The largest absolute Gasteiger partial charge is 0.507 e. The summed E-state index contributed by atoms with van der Waals surface area (Å²) in [6.45, 7) is 6.04. The summed E-state index contributed by atoms with van der Waals surface area (Å²) in [5, 5.41) is 12.0. The van der Waals surface area contributed by atoms with Crippen molar-refractivity contribution in [2.75, 3.05) is 31.1 Å². The van der Waals surface area contributed by atoms with Crippen molar-refractivity contribution in [3.63, 3.8) is 0 Å². The van der Waals surface area contributed by atoms with Crippen LogP contribution < -0.4 is 4.90 Å². The van der Waals surface area contributed by atoms with E-state index < -0.39 is 0 Å². The second-order valence-electron chi connectivity index (χ2n) is 6.72. The Balaban J connectivity index is 1.72. The molecule has 8 heteroatoms. The number of anilines is 1. The predicted octanol–water partition coefficient (Wildman–Crippen LogP) is 4.14. The number of hydrogen-bond acceptors (Lipinski definition) is 5. The summed E-state index contributed by atoms with van der Waals surface area (Å²) in [7, 11) is 0. The number of phenolic OH excluding ortho intramolecular Hbond substituents is 1. The highest BCUT2D eigenvalue weighted by Crippen LogP contribution is 2.39. The lowest BCUT2D eigenvalue weighted by molar-refractivity contribution is -0.126. The van der Waals surface area contributed by atoms with Crippen molar-refractivity contribution in [3.8, 4) is 16.9 Å². The quantitative estimate of drug-likeness (QED) is 0.634. The van der Waals surface area contributed by atoms with Crippen LogP contribution in [0.4, 0.5) is 5.82 Å². The highest BCUT2D eigenvalue weighted by Gasteiger charge is 2.22. The summed E-state index contributed by atoms with van der Waals surface area (Å²) in [5.74, 6) is 0.795. The molecule has 0 aliphatic carbocycles. The van der Waals surface area contributed by atoms with Crippen molar-refractivity contribution in [1.82, 2.24) is 14.9 Å². The van der Waals surface area contributed by atoms with Gasteiger partial charge in [0.15, 0.2) is 0 Å². The zero-order chi connectivity index (χ0) is 20.5. The number of carbonyl (C=O) groups is 1. The molecule has 6 nitrogen and oxygen atoms in total. The molecule has 0 bridgehead atoms. The minimum atomic E-state index is -0.0637. The fourth-order valence-corrected chi connectivity index (χ4v) is 3.95. The van der Waals surface area contributed by atoms with Crippen molar-refractivity contribution in [2.45, 2.75) is 0 Å².